The largest absolute Gasteiger partial charge is 0.507 e. The van der Waals surface area contributed by atoms with E-state index < -0.39 is 117 Å². The number of phenolic OH excluding ortho intramolecular Hbond substituents is 3. The number of ether oxygens (including phenoxy) is 3. The summed E-state index contributed by atoms with van der Waals surface area (Å²) in [4.78, 5) is 34.9. The number of ketones is 3. The summed E-state index contributed by atoms with van der Waals surface area (Å²) in [5, 5.41) is 267. The van der Waals surface area contributed by atoms with Crippen LogP contribution in [0.4, 0.5) is 0 Å². The van der Waals surface area contributed by atoms with Gasteiger partial charge in [-0.05, 0) is 223 Å². The number of phenols is 11. The summed E-state index contributed by atoms with van der Waals surface area (Å²) in [7, 11) is 4.59. The number of aliphatic hydroxyl groups excluding tert-OH is 16. The molecule has 0 aromatic heterocycles. The second kappa shape index (κ2) is 48.4. The van der Waals surface area contributed by atoms with Crippen LogP contribution in [0.1, 0.15) is 209 Å². The van der Waals surface area contributed by atoms with E-state index in [0.29, 0.717) is 84.5 Å². The molecule has 702 valence electrons. The Bertz CT molecular complexity index is 5260. The van der Waals surface area contributed by atoms with Gasteiger partial charge in [0.15, 0.2) is 17.3 Å². The zero-order valence-electron chi connectivity index (χ0n) is 73.2. The van der Waals surface area contributed by atoms with Crippen molar-refractivity contribution in [3.63, 3.8) is 0 Å². The Morgan fingerprint density at radius 1 is 0.237 bits per heavy atom. The van der Waals surface area contributed by atoms with E-state index in [9.17, 15) is 152 Å². The summed E-state index contributed by atoms with van der Waals surface area (Å²) in [6.45, 7) is 0.566. The van der Waals surface area contributed by atoms with Crippen molar-refractivity contribution in [1.29, 1.82) is 0 Å². The fraction of sp³-hybridized carbons (Fsp3) is 0.296. The van der Waals surface area contributed by atoms with Crippen LogP contribution >= 0.6 is 0 Å². The van der Waals surface area contributed by atoms with E-state index in [1.807, 2.05) is 13.0 Å². The Kier molecular flexibility index (Phi) is 39.0. The van der Waals surface area contributed by atoms with Crippen molar-refractivity contribution in [1.82, 2.24) is 0 Å². The molecule has 0 radical (unpaired) electrons. The quantitative estimate of drug-likeness (QED) is 0.0136. The lowest BCUT2D eigenvalue weighted by Gasteiger charge is -2.34. The number of hydrogen-bond acceptors (Lipinski definition) is 33. The predicted molar refractivity (Wildman–Crippen MR) is 475 cm³/mol. The molecule has 0 spiro atoms. The van der Waals surface area contributed by atoms with Crippen LogP contribution in [-0.2, 0) is 145 Å². The highest BCUT2D eigenvalue weighted by Gasteiger charge is 2.36. The SMILES string of the molecule is CC(c1cc(CO)c(O)c(CO)c1)(c1cc(CO)c(O)c(CO)c1)c1cc(CO)c(O)c(CO)c1.COCc1cc(-c2cc(C(C)=O)c(O)c(C(C)=O)c2)cc(COC)c1O.COCc1cc(C)cc(C(C)=O)c1O.OCc1cc(-c2cc(CO)c(O)c(CO)c2)cc(CO)c1O.OCc1cc(C(c2cc(CO)c(O)c(CO)c2)c2cc(CO)c(O)c(CO)c2)cc(CO)c1O. The van der Waals surface area contributed by atoms with Gasteiger partial charge in [-0.2, -0.15) is 0 Å². The fourth-order valence-electron chi connectivity index (χ4n) is 15.0. The number of Topliss-reactive ketones (excluding diaryl/α,β-unsaturated/α-hetero) is 3. The van der Waals surface area contributed by atoms with E-state index in [0.717, 1.165) is 5.56 Å². The summed E-state index contributed by atoms with van der Waals surface area (Å²) >= 11 is 0. The first-order chi connectivity index (χ1) is 62.4. The van der Waals surface area contributed by atoms with E-state index in [1.54, 1.807) is 56.5 Å². The Balaban J connectivity index is 0.000000230. The highest BCUT2D eigenvalue weighted by Crippen LogP contribution is 2.48. The van der Waals surface area contributed by atoms with Crippen molar-refractivity contribution in [2.45, 2.75) is 171 Å². The number of aliphatic hydroxyl groups is 16. The maximum atomic E-state index is 11.9. The second-order valence-corrected chi connectivity index (χ2v) is 30.7. The molecular formula is C98H112O33. The van der Waals surface area contributed by atoms with Gasteiger partial charge in [-0.25, -0.2) is 0 Å². The smallest absolute Gasteiger partial charge is 0.163 e. The summed E-state index contributed by atoms with van der Waals surface area (Å²) in [5.74, 6) is -3.69. The summed E-state index contributed by atoms with van der Waals surface area (Å²) in [6.07, 6.45) is 0. The Morgan fingerprint density at radius 3 is 0.603 bits per heavy atom. The topological polar surface area (TPSA) is 625 Å². The lowest BCUT2D eigenvalue weighted by atomic mass is 9.69. The van der Waals surface area contributed by atoms with E-state index >= 15 is 0 Å². The van der Waals surface area contributed by atoms with Crippen LogP contribution in [0.3, 0.4) is 0 Å². The van der Waals surface area contributed by atoms with Crippen molar-refractivity contribution in [2.75, 3.05) is 21.3 Å². The molecule has 0 atom stereocenters. The third kappa shape index (κ3) is 24.2. The number of hydrogen-bond donors (Lipinski definition) is 27. The molecule has 0 aliphatic heterocycles. The lowest BCUT2D eigenvalue weighted by molar-refractivity contribution is 0.0997. The van der Waals surface area contributed by atoms with Gasteiger partial charge in [-0.1, -0.05) is 6.07 Å². The fourth-order valence-corrected chi connectivity index (χ4v) is 15.0. The monoisotopic (exact) mass is 1820 g/mol. The van der Waals surface area contributed by atoms with Gasteiger partial charge in [-0.15, -0.1) is 0 Å². The molecule has 0 saturated heterocycles. The Morgan fingerprint density at radius 2 is 0.405 bits per heavy atom. The van der Waals surface area contributed by atoms with Gasteiger partial charge in [0, 0.05) is 138 Å². The van der Waals surface area contributed by atoms with Crippen LogP contribution < -0.4 is 0 Å². The van der Waals surface area contributed by atoms with E-state index in [-0.39, 0.29) is 194 Å². The second-order valence-electron chi connectivity index (χ2n) is 30.7. The first-order valence-corrected chi connectivity index (χ1v) is 40.5. The van der Waals surface area contributed by atoms with Crippen LogP contribution in [0.5, 0.6) is 63.2 Å². The molecule has 0 fully saturated rings. The Labute approximate surface area is 753 Å². The zero-order valence-corrected chi connectivity index (χ0v) is 73.2. The third-order valence-electron chi connectivity index (χ3n) is 22.1. The van der Waals surface area contributed by atoms with Gasteiger partial charge < -0.3 is 152 Å². The molecular weight excluding hydrogens is 1710 g/mol. The maximum Gasteiger partial charge on any atom is 0.163 e. The molecule has 0 heterocycles. The van der Waals surface area contributed by atoms with Crippen LogP contribution in [0.15, 0.2) is 133 Å². The minimum atomic E-state index is -1.20. The van der Waals surface area contributed by atoms with Crippen molar-refractivity contribution in [3.8, 4) is 85.5 Å². The van der Waals surface area contributed by atoms with Gasteiger partial charge >= 0.3 is 0 Å². The molecule has 11 aromatic rings. The van der Waals surface area contributed by atoms with Crippen molar-refractivity contribution in [2.24, 2.45) is 0 Å². The molecule has 33 nitrogen and oxygen atoms in total. The molecule has 131 heavy (non-hydrogen) atoms. The highest BCUT2D eigenvalue weighted by molar-refractivity contribution is 6.05. The summed E-state index contributed by atoms with van der Waals surface area (Å²) < 4.78 is 15.2. The van der Waals surface area contributed by atoms with Gasteiger partial charge in [0.25, 0.3) is 0 Å². The van der Waals surface area contributed by atoms with E-state index in [4.69, 9.17) is 14.2 Å². The number of carbonyl (C=O) groups is 3. The first kappa shape index (κ1) is 106. The molecule has 0 bridgehead atoms. The van der Waals surface area contributed by atoms with Crippen LogP contribution in [-0.4, -0.2) is 177 Å². The molecule has 27 N–H and O–H groups in total. The van der Waals surface area contributed by atoms with E-state index in [2.05, 4.69) is 0 Å². The van der Waals surface area contributed by atoms with Crippen molar-refractivity contribution >= 4 is 17.3 Å². The van der Waals surface area contributed by atoms with Crippen LogP contribution in [0, 0.1) is 6.92 Å². The lowest BCUT2D eigenvalue weighted by Crippen LogP contribution is -2.27. The van der Waals surface area contributed by atoms with Crippen molar-refractivity contribution in [3.05, 3.63) is 295 Å². The average Bonchev–Trinajstić information content (AvgIpc) is 0.736. The number of aromatic hydroxyl groups is 11. The average molecular weight is 1820 g/mol. The zero-order chi connectivity index (χ0) is 97.3. The van der Waals surface area contributed by atoms with Crippen molar-refractivity contribution < 1.29 is 166 Å². The number of carbonyl (C=O) groups excluding carboxylic acids is 3. The van der Waals surface area contributed by atoms with E-state index in [1.165, 1.54) is 120 Å². The third-order valence-corrected chi connectivity index (χ3v) is 22.1. The van der Waals surface area contributed by atoms with Gasteiger partial charge in [0.2, 0.25) is 0 Å². The van der Waals surface area contributed by atoms with Gasteiger partial charge in [0.05, 0.1) is 142 Å². The number of aryl methyl sites for hydroxylation is 1. The molecule has 0 unspecified atom stereocenters. The summed E-state index contributed by atoms with van der Waals surface area (Å²) in [6, 6.07) is 34.5. The minimum Gasteiger partial charge on any atom is -0.507 e. The standard InChI is InChI=1S/C26H30O9.C25H28O9.C20H22O6.C16H18O6.C11H14O3/c1-26(20-2-14(8-27)23(33)15(3-20)9-28,21-4-16(10-29)24(34)17(5-21)11-30)22-6-18(12-31)25(35)19(7-22)13-32;26-7-16-1-13(2-17(8-27)23(16)32)22(14-3-18(9-28)24(33)19(4-14)10-29)15-5-20(11-30)25(34)21(6-15)12-31;1-11(21)17-7-14(8-18(12(2)22)20(17)24)13-5-15(9-25-3)19(23)16(6-13)10-26-4;17-5-11-1-9(2-12(6-18)15(11)21)10-3-13(7-19)16(22)14(4-10)8-20;1-7-4-9(6-14-3)11(13)10(5-7)8(2)12/h2-7,27-35H,8-13H2,1H3;1-6,22,26-34H,7-12H2;5-8,23-24H,9-10H2,1-4H3;1-4,17-22H,5-8H2;4-5,13H,6H2,1-3H3. The summed E-state index contributed by atoms with van der Waals surface area (Å²) in [5.41, 5.74) is 10.1. The molecule has 0 aliphatic rings. The molecule has 11 aromatic carbocycles. The molecule has 0 amide bonds. The predicted octanol–water partition coefficient (Wildman–Crippen LogP) is 8.30. The van der Waals surface area contributed by atoms with Crippen LogP contribution in [0.25, 0.3) is 22.3 Å². The number of methoxy groups -OCH3 is 3. The minimum absolute atomic E-state index is 0.0324. The number of benzene rings is 11. The molecule has 0 aliphatic carbocycles. The van der Waals surface area contributed by atoms with Crippen LogP contribution in [0.2, 0.25) is 0 Å². The number of rotatable bonds is 33. The molecule has 33 heteroatoms. The van der Waals surface area contributed by atoms with Gasteiger partial charge in [0.1, 0.15) is 63.2 Å². The molecule has 0 saturated carbocycles. The highest BCUT2D eigenvalue weighted by atomic mass is 16.5. The molecule has 11 rings (SSSR count). The maximum absolute atomic E-state index is 11.9. The normalized spacial score (nSPS) is 11.2. The Hall–Kier alpha value is -12.5. The van der Waals surface area contributed by atoms with Gasteiger partial charge in [-0.3, -0.25) is 14.4 Å². The first-order valence-electron chi connectivity index (χ1n) is 40.5.